The highest BCUT2D eigenvalue weighted by atomic mass is 32.1. The molecule has 0 fully saturated rings. The second kappa shape index (κ2) is 7.41. The van der Waals surface area contributed by atoms with Crippen LogP contribution in [0.15, 0.2) is 30.5 Å². The lowest BCUT2D eigenvalue weighted by Crippen LogP contribution is -2.18. The van der Waals surface area contributed by atoms with Gasteiger partial charge in [-0.15, -0.1) is 11.3 Å². The van der Waals surface area contributed by atoms with E-state index in [1.54, 1.807) is 11.3 Å². The summed E-state index contributed by atoms with van der Waals surface area (Å²) in [7, 11) is 0. The van der Waals surface area contributed by atoms with Crippen LogP contribution < -0.4 is 10.1 Å². The molecule has 0 radical (unpaired) electrons. The van der Waals surface area contributed by atoms with E-state index in [-0.39, 0.29) is 0 Å². The molecule has 1 aromatic heterocycles. The molecule has 0 aliphatic rings. The number of nitrogens with zero attached hydrogens (tertiary/aromatic N) is 1. The van der Waals surface area contributed by atoms with Crippen LogP contribution in [-0.2, 0) is 13.2 Å². The molecule has 4 heteroatoms. The van der Waals surface area contributed by atoms with E-state index in [0.717, 1.165) is 23.8 Å². The molecule has 108 valence electrons. The molecular formula is C16H22N2OS. The summed E-state index contributed by atoms with van der Waals surface area (Å²) in [6.45, 7) is 8.95. The van der Waals surface area contributed by atoms with Gasteiger partial charge in [-0.25, -0.2) is 4.98 Å². The minimum atomic E-state index is 0.540. The zero-order valence-corrected chi connectivity index (χ0v) is 13.2. The molecule has 0 saturated carbocycles. The van der Waals surface area contributed by atoms with Gasteiger partial charge in [0.05, 0.1) is 0 Å². The third-order valence-electron chi connectivity index (χ3n) is 2.84. The quantitative estimate of drug-likeness (QED) is 0.842. The first kappa shape index (κ1) is 15.0. The third kappa shape index (κ3) is 4.94. The van der Waals surface area contributed by atoms with E-state index in [4.69, 9.17) is 4.74 Å². The van der Waals surface area contributed by atoms with Gasteiger partial charge in [-0.05, 0) is 31.5 Å². The lowest BCUT2D eigenvalue weighted by molar-refractivity contribution is 0.305. The maximum atomic E-state index is 5.73. The lowest BCUT2D eigenvalue weighted by Gasteiger charge is -2.05. The zero-order valence-electron chi connectivity index (χ0n) is 12.3. The van der Waals surface area contributed by atoms with Crippen molar-refractivity contribution in [1.82, 2.24) is 10.3 Å². The lowest BCUT2D eigenvalue weighted by atomic mass is 10.2. The van der Waals surface area contributed by atoms with Gasteiger partial charge in [0.15, 0.2) is 0 Å². The van der Waals surface area contributed by atoms with Crippen molar-refractivity contribution in [1.29, 1.82) is 0 Å². The van der Waals surface area contributed by atoms with Gasteiger partial charge in [-0.2, -0.15) is 0 Å². The van der Waals surface area contributed by atoms with Gasteiger partial charge < -0.3 is 10.1 Å². The fourth-order valence-corrected chi connectivity index (χ4v) is 2.57. The first-order valence-electron chi connectivity index (χ1n) is 6.97. The molecular weight excluding hydrogens is 268 g/mol. The average molecular weight is 290 g/mol. The van der Waals surface area contributed by atoms with E-state index in [1.165, 1.54) is 10.4 Å². The molecule has 0 saturated heterocycles. The van der Waals surface area contributed by atoms with Crippen LogP contribution in [0.1, 0.15) is 29.3 Å². The van der Waals surface area contributed by atoms with Gasteiger partial charge in [0.1, 0.15) is 17.4 Å². The summed E-state index contributed by atoms with van der Waals surface area (Å²) in [4.78, 5) is 5.66. The minimum Gasteiger partial charge on any atom is -0.486 e. The topological polar surface area (TPSA) is 34.1 Å². The second-order valence-electron chi connectivity index (χ2n) is 5.35. The van der Waals surface area contributed by atoms with E-state index in [0.29, 0.717) is 12.5 Å². The summed E-state index contributed by atoms with van der Waals surface area (Å²) in [5, 5.41) is 4.44. The van der Waals surface area contributed by atoms with Crippen molar-refractivity contribution in [3.63, 3.8) is 0 Å². The maximum Gasteiger partial charge on any atom is 0.140 e. The molecule has 20 heavy (non-hydrogen) atoms. The smallest absolute Gasteiger partial charge is 0.140 e. The van der Waals surface area contributed by atoms with E-state index in [9.17, 15) is 0 Å². The molecule has 3 nitrogen and oxygen atoms in total. The van der Waals surface area contributed by atoms with Crippen molar-refractivity contribution in [3.05, 3.63) is 45.9 Å². The highest BCUT2D eigenvalue weighted by Gasteiger charge is 2.03. The standard InChI is InChI=1S/C16H22N2OS/c1-12(2)8-17-9-15-10-18-16(20-15)11-19-14-6-4-13(3)5-7-14/h4-7,10,12,17H,8-9,11H2,1-3H3. The number of rotatable bonds is 7. The summed E-state index contributed by atoms with van der Waals surface area (Å²) in [5.74, 6) is 1.57. The highest BCUT2D eigenvalue weighted by molar-refractivity contribution is 7.11. The van der Waals surface area contributed by atoms with Crippen molar-refractivity contribution in [2.45, 2.75) is 33.9 Å². The Kier molecular flexibility index (Phi) is 5.56. The molecule has 1 N–H and O–H groups in total. The van der Waals surface area contributed by atoms with Gasteiger partial charge in [0.2, 0.25) is 0 Å². The van der Waals surface area contributed by atoms with Gasteiger partial charge in [-0.1, -0.05) is 31.5 Å². The molecule has 0 spiro atoms. The Bertz CT molecular complexity index is 520. The van der Waals surface area contributed by atoms with E-state index < -0.39 is 0 Å². The average Bonchev–Trinajstić information content (AvgIpc) is 2.86. The predicted octanol–water partition coefficient (Wildman–Crippen LogP) is 3.78. The van der Waals surface area contributed by atoms with Gasteiger partial charge in [0.25, 0.3) is 0 Å². The van der Waals surface area contributed by atoms with Crippen molar-refractivity contribution < 1.29 is 4.74 Å². The van der Waals surface area contributed by atoms with E-state index in [2.05, 4.69) is 43.2 Å². The van der Waals surface area contributed by atoms with Crippen LogP contribution in [0.3, 0.4) is 0 Å². The SMILES string of the molecule is Cc1ccc(OCc2ncc(CNCC(C)C)s2)cc1. The molecule has 0 aliphatic heterocycles. The van der Waals surface area contributed by atoms with Gasteiger partial charge in [-0.3, -0.25) is 0 Å². The number of nitrogens with one attached hydrogen (secondary N) is 1. The molecule has 1 heterocycles. The minimum absolute atomic E-state index is 0.540. The van der Waals surface area contributed by atoms with Crippen LogP contribution in [0.5, 0.6) is 5.75 Å². The van der Waals surface area contributed by atoms with Gasteiger partial charge >= 0.3 is 0 Å². The number of thiazole rings is 1. The Morgan fingerprint density at radius 2 is 2.00 bits per heavy atom. The Morgan fingerprint density at radius 1 is 1.25 bits per heavy atom. The first-order valence-corrected chi connectivity index (χ1v) is 7.79. The zero-order chi connectivity index (χ0) is 14.4. The summed E-state index contributed by atoms with van der Waals surface area (Å²) >= 11 is 1.71. The van der Waals surface area contributed by atoms with Crippen LogP contribution in [-0.4, -0.2) is 11.5 Å². The Morgan fingerprint density at radius 3 is 2.70 bits per heavy atom. The number of hydrogen-bond acceptors (Lipinski definition) is 4. The van der Waals surface area contributed by atoms with Crippen molar-refractivity contribution in [2.75, 3.05) is 6.54 Å². The highest BCUT2D eigenvalue weighted by Crippen LogP contribution is 2.17. The molecule has 0 bridgehead atoms. The number of hydrogen-bond donors (Lipinski definition) is 1. The molecule has 0 unspecified atom stereocenters. The Labute approximate surface area is 125 Å². The molecule has 0 atom stereocenters. The fraction of sp³-hybridized carbons (Fsp3) is 0.438. The van der Waals surface area contributed by atoms with Crippen molar-refractivity contribution in [3.8, 4) is 5.75 Å². The summed E-state index contributed by atoms with van der Waals surface area (Å²) < 4.78 is 5.73. The summed E-state index contributed by atoms with van der Waals surface area (Å²) in [5.41, 5.74) is 1.24. The van der Waals surface area contributed by atoms with Crippen LogP contribution in [0, 0.1) is 12.8 Å². The van der Waals surface area contributed by atoms with E-state index >= 15 is 0 Å². The predicted molar refractivity (Wildman–Crippen MR) is 84.2 cm³/mol. The second-order valence-corrected chi connectivity index (χ2v) is 6.55. The Balaban J connectivity index is 1.79. The Hall–Kier alpha value is -1.39. The molecule has 1 aromatic carbocycles. The normalized spacial score (nSPS) is 11.0. The van der Waals surface area contributed by atoms with Crippen molar-refractivity contribution >= 4 is 11.3 Å². The molecule has 0 amide bonds. The van der Waals surface area contributed by atoms with E-state index in [1.807, 2.05) is 18.3 Å². The van der Waals surface area contributed by atoms with Crippen LogP contribution >= 0.6 is 11.3 Å². The maximum absolute atomic E-state index is 5.73. The largest absolute Gasteiger partial charge is 0.486 e. The number of ether oxygens (including phenoxy) is 1. The monoisotopic (exact) mass is 290 g/mol. The number of benzene rings is 1. The van der Waals surface area contributed by atoms with Crippen LogP contribution in [0.4, 0.5) is 0 Å². The first-order chi connectivity index (χ1) is 9.63. The third-order valence-corrected chi connectivity index (χ3v) is 3.81. The van der Waals surface area contributed by atoms with Crippen molar-refractivity contribution in [2.24, 2.45) is 5.92 Å². The summed E-state index contributed by atoms with van der Waals surface area (Å²) in [6.07, 6.45) is 1.94. The summed E-state index contributed by atoms with van der Waals surface area (Å²) in [6, 6.07) is 8.10. The molecule has 0 aliphatic carbocycles. The molecule has 2 rings (SSSR count). The van der Waals surface area contributed by atoms with Gasteiger partial charge in [0, 0.05) is 17.6 Å². The molecule has 2 aromatic rings. The van der Waals surface area contributed by atoms with Crippen LogP contribution in [0.25, 0.3) is 0 Å². The fourth-order valence-electron chi connectivity index (χ4n) is 1.76. The number of aromatic nitrogens is 1. The van der Waals surface area contributed by atoms with Crippen LogP contribution in [0.2, 0.25) is 0 Å². The number of aryl methyl sites for hydroxylation is 1.